The van der Waals surface area contributed by atoms with E-state index in [0.29, 0.717) is 5.02 Å². The van der Waals surface area contributed by atoms with Gasteiger partial charge in [-0.1, -0.05) is 24.6 Å². The van der Waals surface area contributed by atoms with Crippen molar-refractivity contribution in [2.45, 2.75) is 26.7 Å². The van der Waals surface area contributed by atoms with E-state index in [1.807, 2.05) is 38.5 Å². The molecule has 10 heteroatoms. The van der Waals surface area contributed by atoms with Gasteiger partial charge in [-0.05, 0) is 37.8 Å². The second-order valence-corrected chi connectivity index (χ2v) is 9.07. The Bertz CT molecular complexity index is 1260. The molecule has 3 N–H and O–H groups in total. The van der Waals surface area contributed by atoms with Gasteiger partial charge < -0.3 is 15.6 Å². The lowest BCUT2D eigenvalue weighted by Gasteiger charge is -2.39. The van der Waals surface area contributed by atoms with Crippen LogP contribution < -0.4 is 10.6 Å². The number of halogens is 3. The Balaban J connectivity index is 0.00000144. The van der Waals surface area contributed by atoms with E-state index in [1.165, 1.54) is 0 Å². The van der Waals surface area contributed by atoms with Gasteiger partial charge in [-0.25, -0.2) is 9.97 Å². The van der Waals surface area contributed by atoms with E-state index >= 15 is 0 Å². The first kappa shape index (κ1) is 24.6. The highest BCUT2D eigenvalue weighted by atomic mass is 35.5. The molecule has 0 unspecified atom stereocenters. The van der Waals surface area contributed by atoms with Crippen molar-refractivity contribution in [3.8, 4) is 11.1 Å². The summed E-state index contributed by atoms with van der Waals surface area (Å²) in [4.78, 5) is 15.5. The first-order valence-corrected chi connectivity index (χ1v) is 10.7. The van der Waals surface area contributed by atoms with Gasteiger partial charge in [0, 0.05) is 49.0 Å². The largest absolute Gasteiger partial charge is 0.355 e. The molecule has 0 radical (unpaired) electrons. The maximum atomic E-state index is 6.75. The number of nitrogens with two attached hydrogens (primary N) is 1. The summed E-state index contributed by atoms with van der Waals surface area (Å²) in [5.41, 5.74) is 11.5. The Morgan fingerprint density at radius 2 is 1.88 bits per heavy atom. The summed E-state index contributed by atoms with van der Waals surface area (Å²) in [6.07, 6.45) is 6.02. The number of nitrogens with zero attached hydrogens (tertiary/aromatic N) is 5. The van der Waals surface area contributed by atoms with Crippen molar-refractivity contribution in [2.75, 3.05) is 24.5 Å². The second kappa shape index (κ2) is 9.06. The predicted molar refractivity (Wildman–Crippen MR) is 136 cm³/mol. The molecule has 4 aromatic rings. The quantitative estimate of drug-likeness (QED) is 0.422. The summed E-state index contributed by atoms with van der Waals surface area (Å²) in [7, 11) is 1.90. The monoisotopic (exact) mass is 495 g/mol. The van der Waals surface area contributed by atoms with Crippen LogP contribution in [0.4, 0.5) is 5.82 Å². The van der Waals surface area contributed by atoms with Crippen LogP contribution in [0.3, 0.4) is 0 Å². The zero-order chi connectivity index (χ0) is 21.0. The van der Waals surface area contributed by atoms with Crippen LogP contribution in [0.15, 0.2) is 24.5 Å². The van der Waals surface area contributed by atoms with E-state index in [0.717, 1.165) is 77.2 Å². The van der Waals surface area contributed by atoms with Gasteiger partial charge >= 0.3 is 0 Å². The number of nitrogens with one attached hydrogen (secondary N) is 1. The third-order valence-corrected chi connectivity index (χ3v) is 6.85. The van der Waals surface area contributed by atoms with E-state index in [9.17, 15) is 0 Å². The van der Waals surface area contributed by atoms with Crippen LogP contribution in [0.2, 0.25) is 5.02 Å². The Morgan fingerprint density at radius 1 is 1.16 bits per heavy atom. The fraction of sp³-hybridized carbons (Fsp3) is 0.409. The summed E-state index contributed by atoms with van der Waals surface area (Å²) in [6.45, 7) is 6.93. The van der Waals surface area contributed by atoms with Gasteiger partial charge in [0.1, 0.15) is 5.52 Å². The van der Waals surface area contributed by atoms with Crippen molar-refractivity contribution < 1.29 is 0 Å². The normalized spacial score (nSPS) is 15.6. The molecule has 1 aromatic carbocycles. The average molecular weight is 497 g/mol. The van der Waals surface area contributed by atoms with Gasteiger partial charge in [-0.3, -0.25) is 4.68 Å². The molecule has 1 aliphatic rings. The highest BCUT2D eigenvalue weighted by Crippen LogP contribution is 2.38. The standard InChI is InChI=1S/C22H26ClN7.2ClH/c1-13-21(30-8-6-22(2,12-24)7-9-30)27-20-19(26-13)15(10-25-20)14-4-5-17-16(18(14)23)11-29(3)28-17;;/h4-5,10-11H,6-9,12,24H2,1-3H3,(H,25,27);2*1H. The molecule has 4 heterocycles. The predicted octanol–water partition coefficient (Wildman–Crippen LogP) is 4.88. The number of piperidine rings is 1. The molecular formula is C22H28Cl3N7. The minimum atomic E-state index is 0. The number of anilines is 1. The third kappa shape index (κ3) is 4.03. The first-order chi connectivity index (χ1) is 14.4. The maximum absolute atomic E-state index is 6.75. The molecule has 1 aliphatic heterocycles. The summed E-state index contributed by atoms with van der Waals surface area (Å²) in [5.74, 6) is 0.948. The molecule has 1 fully saturated rings. The third-order valence-electron chi connectivity index (χ3n) is 6.44. The van der Waals surface area contributed by atoms with Crippen LogP contribution in [0, 0.1) is 12.3 Å². The van der Waals surface area contributed by atoms with Crippen LogP contribution in [0.25, 0.3) is 33.2 Å². The van der Waals surface area contributed by atoms with Crippen LogP contribution in [0.1, 0.15) is 25.5 Å². The molecule has 0 bridgehead atoms. The van der Waals surface area contributed by atoms with Crippen molar-refractivity contribution in [1.82, 2.24) is 24.7 Å². The number of H-pyrrole nitrogens is 1. The minimum Gasteiger partial charge on any atom is -0.355 e. The highest BCUT2D eigenvalue weighted by molar-refractivity contribution is 6.38. The van der Waals surface area contributed by atoms with Crippen molar-refractivity contribution >= 4 is 64.3 Å². The van der Waals surface area contributed by atoms with E-state index in [-0.39, 0.29) is 30.2 Å². The fourth-order valence-corrected chi connectivity index (χ4v) is 4.67. The molecule has 3 aromatic heterocycles. The molecule has 0 spiro atoms. The van der Waals surface area contributed by atoms with Crippen molar-refractivity contribution in [1.29, 1.82) is 0 Å². The van der Waals surface area contributed by atoms with Gasteiger partial charge in [-0.2, -0.15) is 5.10 Å². The molecule has 1 saturated heterocycles. The highest BCUT2D eigenvalue weighted by Gasteiger charge is 2.30. The number of benzene rings is 1. The molecule has 7 nitrogen and oxygen atoms in total. The van der Waals surface area contributed by atoms with Crippen LogP contribution in [-0.4, -0.2) is 44.4 Å². The zero-order valence-electron chi connectivity index (χ0n) is 18.4. The number of aromatic amines is 1. The Hall–Kier alpha value is -2.06. The van der Waals surface area contributed by atoms with Crippen LogP contribution in [0.5, 0.6) is 0 Å². The zero-order valence-corrected chi connectivity index (χ0v) is 20.7. The van der Waals surface area contributed by atoms with E-state index in [4.69, 9.17) is 27.3 Å². The SMILES string of the molecule is Cc1nc2c(-c3ccc4nn(C)cc4c3Cl)c[nH]c2nc1N1CCC(C)(CN)CC1.Cl.Cl. The van der Waals surface area contributed by atoms with Crippen LogP contribution in [-0.2, 0) is 7.05 Å². The molecule has 5 rings (SSSR count). The summed E-state index contributed by atoms with van der Waals surface area (Å²) >= 11 is 6.75. The van der Waals surface area contributed by atoms with Crippen molar-refractivity contribution in [3.63, 3.8) is 0 Å². The lowest BCUT2D eigenvalue weighted by atomic mass is 9.80. The lowest BCUT2D eigenvalue weighted by molar-refractivity contribution is 0.258. The second-order valence-electron chi connectivity index (χ2n) is 8.70. The summed E-state index contributed by atoms with van der Waals surface area (Å²) in [6, 6.07) is 4.00. The minimum absolute atomic E-state index is 0. The van der Waals surface area contributed by atoms with Gasteiger partial charge in [-0.15, -0.1) is 24.8 Å². The van der Waals surface area contributed by atoms with Crippen LogP contribution >= 0.6 is 36.4 Å². The van der Waals surface area contributed by atoms with Crippen molar-refractivity contribution in [2.24, 2.45) is 18.2 Å². The van der Waals surface area contributed by atoms with Gasteiger partial charge in [0.05, 0.1) is 16.2 Å². The fourth-order valence-electron chi connectivity index (χ4n) is 4.36. The van der Waals surface area contributed by atoms with E-state index in [1.54, 1.807) is 4.68 Å². The molecule has 32 heavy (non-hydrogen) atoms. The number of hydrogen-bond donors (Lipinski definition) is 2. The maximum Gasteiger partial charge on any atom is 0.159 e. The smallest absolute Gasteiger partial charge is 0.159 e. The molecule has 0 saturated carbocycles. The number of rotatable bonds is 3. The average Bonchev–Trinajstić information content (AvgIpc) is 3.31. The number of aryl methyl sites for hydroxylation is 2. The molecule has 0 atom stereocenters. The summed E-state index contributed by atoms with van der Waals surface area (Å²) in [5, 5.41) is 6.05. The van der Waals surface area contributed by atoms with E-state index in [2.05, 4.69) is 21.9 Å². The lowest BCUT2D eigenvalue weighted by Crippen LogP contribution is -2.42. The van der Waals surface area contributed by atoms with Gasteiger partial charge in [0.15, 0.2) is 11.5 Å². The Morgan fingerprint density at radius 3 is 2.56 bits per heavy atom. The Kier molecular flexibility index (Phi) is 6.96. The topological polar surface area (TPSA) is 88.7 Å². The number of hydrogen-bond acceptors (Lipinski definition) is 5. The van der Waals surface area contributed by atoms with Crippen molar-refractivity contribution in [3.05, 3.63) is 35.2 Å². The van der Waals surface area contributed by atoms with Gasteiger partial charge in [0.25, 0.3) is 0 Å². The molecule has 0 aliphatic carbocycles. The summed E-state index contributed by atoms with van der Waals surface area (Å²) < 4.78 is 1.78. The van der Waals surface area contributed by atoms with E-state index < -0.39 is 0 Å². The molecular weight excluding hydrogens is 469 g/mol. The molecule has 0 amide bonds. The first-order valence-electron chi connectivity index (χ1n) is 10.3. The van der Waals surface area contributed by atoms with Gasteiger partial charge in [0.2, 0.25) is 0 Å². The number of fused-ring (bicyclic) bond motifs is 2. The Labute approximate surface area is 204 Å². The number of aromatic nitrogens is 5. The molecule has 172 valence electrons.